The van der Waals surface area contributed by atoms with Crippen molar-refractivity contribution in [3.05, 3.63) is 24.2 Å². The molecule has 2 heterocycles. The van der Waals surface area contributed by atoms with Crippen LogP contribution >= 0.6 is 0 Å². The van der Waals surface area contributed by atoms with Crippen LogP contribution in [0.3, 0.4) is 0 Å². The number of carbonyl (C=O) groups excluding carboxylic acids is 1. The number of carbonyl (C=O) groups is 1. The molecule has 0 aromatic carbocycles. The summed E-state index contributed by atoms with van der Waals surface area (Å²) in [4.78, 5) is 20.7. The van der Waals surface area contributed by atoms with Gasteiger partial charge in [0.25, 0.3) is 0 Å². The molecule has 7 nitrogen and oxygen atoms in total. The predicted octanol–water partition coefficient (Wildman–Crippen LogP) is 2.76. The van der Waals surface area contributed by atoms with Crippen molar-refractivity contribution < 1.29 is 9.21 Å². The van der Waals surface area contributed by atoms with Gasteiger partial charge in [-0.15, -0.1) is 0 Å². The first-order valence-corrected chi connectivity index (χ1v) is 11.2. The molecule has 1 aliphatic heterocycles. The summed E-state index contributed by atoms with van der Waals surface area (Å²) in [5.41, 5.74) is 0. The van der Waals surface area contributed by atoms with E-state index in [1.54, 1.807) is 25.3 Å². The third-order valence-corrected chi connectivity index (χ3v) is 5.98. The summed E-state index contributed by atoms with van der Waals surface area (Å²) in [6.45, 7) is 3.05. The van der Waals surface area contributed by atoms with E-state index in [-0.39, 0.29) is 18.5 Å². The molecule has 2 fully saturated rings. The van der Waals surface area contributed by atoms with Gasteiger partial charge in [-0.25, -0.2) is 4.99 Å². The van der Waals surface area contributed by atoms with Gasteiger partial charge in [-0.1, -0.05) is 25.7 Å². The normalized spacial score (nSPS) is 20.3. The standard InChI is InChI=1S/C22H37N5O2/c1-26(2)21(28)17-24-22(25-18-10-5-3-6-11-18)23-16-19(20-12-9-15-29-20)27-13-7-4-8-14-27/h9,12,15,18-19H,3-8,10-11,13-14,16-17H2,1-2H3,(H2,23,24,25). The summed E-state index contributed by atoms with van der Waals surface area (Å²) in [6.07, 6.45) is 11.7. The fraction of sp³-hybridized carbons (Fsp3) is 0.727. The van der Waals surface area contributed by atoms with Crippen LogP contribution in [-0.2, 0) is 4.79 Å². The zero-order chi connectivity index (χ0) is 20.5. The minimum atomic E-state index is 0.00774. The molecule has 2 aliphatic rings. The third kappa shape index (κ3) is 6.77. The summed E-state index contributed by atoms with van der Waals surface area (Å²) in [7, 11) is 3.53. The second-order valence-electron chi connectivity index (χ2n) is 8.44. The molecule has 1 amide bonds. The summed E-state index contributed by atoms with van der Waals surface area (Å²) in [6, 6.07) is 4.62. The van der Waals surface area contributed by atoms with Crippen LogP contribution in [-0.4, -0.2) is 68.0 Å². The van der Waals surface area contributed by atoms with E-state index in [0.717, 1.165) is 37.7 Å². The van der Waals surface area contributed by atoms with Crippen molar-refractivity contribution in [1.82, 2.24) is 20.4 Å². The Morgan fingerprint density at radius 3 is 2.59 bits per heavy atom. The van der Waals surface area contributed by atoms with Crippen LogP contribution in [0.25, 0.3) is 0 Å². The first-order valence-electron chi connectivity index (χ1n) is 11.2. The second-order valence-corrected chi connectivity index (χ2v) is 8.44. The lowest BCUT2D eigenvalue weighted by atomic mass is 9.96. The van der Waals surface area contributed by atoms with E-state index in [0.29, 0.717) is 12.6 Å². The van der Waals surface area contributed by atoms with Crippen molar-refractivity contribution in [3.8, 4) is 0 Å². The van der Waals surface area contributed by atoms with E-state index < -0.39 is 0 Å². The summed E-state index contributed by atoms with van der Waals surface area (Å²) >= 11 is 0. The number of guanidine groups is 1. The fourth-order valence-electron chi connectivity index (χ4n) is 4.19. The van der Waals surface area contributed by atoms with E-state index in [4.69, 9.17) is 4.42 Å². The van der Waals surface area contributed by atoms with Gasteiger partial charge in [0.2, 0.25) is 5.91 Å². The van der Waals surface area contributed by atoms with Crippen molar-refractivity contribution in [2.24, 2.45) is 4.99 Å². The largest absolute Gasteiger partial charge is 0.468 e. The Kier molecular flexibility index (Phi) is 8.40. The highest BCUT2D eigenvalue weighted by Gasteiger charge is 2.25. The molecule has 1 aromatic rings. The van der Waals surface area contributed by atoms with Gasteiger partial charge in [-0.05, 0) is 50.9 Å². The van der Waals surface area contributed by atoms with E-state index in [1.807, 2.05) is 6.07 Å². The highest BCUT2D eigenvalue weighted by Crippen LogP contribution is 2.24. The van der Waals surface area contributed by atoms with Gasteiger partial charge in [-0.3, -0.25) is 9.69 Å². The topological polar surface area (TPSA) is 73.1 Å². The van der Waals surface area contributed by atoms with Crippen LogP contribution in [0.4, 0.5) is 0 Å². The quantitative estimate of drug-likeness (QED) is 0.541. The van der Waals surface area contributed by atoms with Crippen LogP contribution in [0, 0.1) is 0 Å². The number of rotatable bonds is 7. The molecule has 0 spiro atoms. The fourth-order valence-corrected chi connectivity index (χ4v) is 4.19. The van der Waals surface area contributed by atoms with E-state index in [1.165, 1.54) is 38.5 Å². The zero-order valence-electron chi connectivity index (χ0n) is 18.0. The molecule has 1 unspecified atom stereocenters. The molecule has 2 N–H and O–H groups in total. The van der Waals surface area contributed by atoms with E-state index in [2.05, 4.69) is 26.6 Å². The van der Waals surface area contributed by atoms with Gasteiger partial charge < -0.3 is 20.0 Å². The molecule has 1 aromatic heterocycles. The third-order valence-electron chi connectivity index (χ3n) is 5.98. The van der Waals surface area contributed by atoms with Gasteiger partial charge >= 0.3 is 0 Å². The lowest BCUT2D eigenvalue weighted by Gasteiger charge is -2.34. The maximum atomic E-state index is 12.1. The van der Waals surface area contributed by atoms with Crippen molar-refractivity contribution in [1.29, 1.82) is 0 Å². The SMILES string of the molecule is CN(C)C(=O)CN=C(NCC(c1ccco1)N1CCCCC1)NC1CCCCC1. The molecule has 0 radical (unpaired) electrons. The van der Waals surface area contributed by atoms with Crippen LogP contribution < -0.4 is 10.6 Å². The molecule has 1 saturated heterocycles. The highest BCUT2D eigenvalue weighted by atomic mass is 16.3. The number of aliphatic imine (C=N–C) groups is 1. The lowest BCUT2D eigenvalue weighted by molar-refractivity contribution is -0.127. The van der Waals surface area contributed by atoms with Crippen LogP contribution in [0.1, 0.15) is 63.2 Å². The Balaban J connectivity index is 1.66. The second kappa shape index (κ2) is 11.2. The number of likely N-dealkylation sites (N-methyl/N-ethyl adjacent to an activating group) is 1. The van der Waals surface area contributed by atoms with Crippen LogP contribution in [0.5, 0.6) is 0 Å². The molecule has 7 heteroatoms. The smallest absolute Gasteiger partial charge is 0.243 e. The number of hydrogen-bond donors (Lipinski definition) is 2. The number of piperidine rings is 1. The monoisotopic (exact) mass is 403 g/mol. The Morgan fingerprint density at radius 2 is 1.93 bits per heavy atom. The number of furan rings is 1. The van der Waals surface area contributed by atoms with E-state index in [9.17, 15) is 4.79 Å². The first-order chi connectivity index (χ1) is 14.1. The first kappa shape index (κ1) is 21.7. The summed E-state index contributed by atoms with van der Waals surface area (Å²) in [5, 5.41) is 7.09. The minimum Gasteiger partial charge on any atom is -0.468 e. The Labute approximate surface area is 174 Å². The molecule has 29 heavy (non-hydrogen) atoms. The van der Waals surface area contributed by atoms with Crippen molar-refractivity contribution in [2.75, 3.05) is 40.3 Å². The Morgan fingerprint density at radius 1 is 1.21 bits per heavy atom. The van der Waals surface area contributed by atoms with Crippen LogP contribution in [0.15, 0.2) is 27.8 Å². The predicted molar refractivity (Wildman–Crippen MR) is 116 cm³/mol. The van der Waals surface area contributed by atoms with Crippen LogP contribution in [0.2, 0.25) is 0 Å². The number of likely N-dealkylation sites (tertiary alicyclic amines) is 1. The molecule has 0 bridgehead atoms. The average Bonchev–Trinajstić information content (AvgIpc) is 3.27. The molecule has 1 saturated carbocycles. The number of hydrogen-bond acceptors (Lipinski definition) is 4. The Hall–Kier alpha value is -2.02. The number of nitrogens with zero attached hydrogens (tertiary/aromatic N) is 3. The number of amides is 1. The molecular formula is C22H37N5O2. The molecule has 1 atom stereocenters. The van der Waals surface area contributed by atoms with Gasteiger partial charge in [0.05, 0.1) is 12.3 Å². The zero-order valence-corrected chi connectivity index (χ0v) is 18.0. The minimum absolute atomic E-state index is 0.00774. The number of nitrogens with one attached hydrogen (secondary N) is 2. The maximum Gasteiger partial charge on any atom is 0.243 e. The summed E-state index contributed by atoms with van der Waals surface area (Å²) in [5.74, 6) is 1.73. The van der Waals surface area contributed by atoms with Gasteiger partial charge in [-0.2, -0.15) is 0 Å². The highest BCUT2D eigenvalue weighted by molar-refractivity contribution is 5.85. The van der Waals surface area contributed by atoms with Gasteiger partial charge in [0, 0.05) is 26.7 Å². The Bertz CT molecular complexity index is 632. The average molecular weight is 404 g/mol. The molecule has 162 valence electrons. The summed E-state index contributed by atoms with van der Waals surface area (Å²) < 4.78 is 5.76. The lowest BCUT2D eigenvalue weighted by Crippen LogP contribution is -2.48. The van der Waals surface area contributed by atoms with Gasteiger partial charge in [0.1, 0.15) is 12.3 Å². The molecular weight excluding hydrogens is 366 g/mol. The maximum absolute atomic E-state index is 12.1. The van der Waals surface area contributed by atoms with Crippen molar-refractivity contribution >= 4 is 11.9 Å². The van der Waals surface area contributed by atoms with Crippen molar-refractivity contribution in [2.45, 2.75) is 63.5 Å². The van der Waals surface area contributed by atoms with E-state index >= 15 is 0 Å². The molecule has 1 aliphatic carbocycles. The van der Waals surface area contributed by atoms with Gasteiger partial charge in [0.15, 0.2) is 5.96 Å². The van der Waals surface area contributed by atoms with Crippen molar-refractivity contribution in [3.63, 3.8) is 0 Å². The molecule has 3 rings (SSSR count).